The third kappa shape index (κ3) is 2.60. The van der Waals surface area contributed by atoms with Gasteiger partial charge in [0.25, 0.3) is 0 Å². The standard InChI is InChI=1S/C17H17N3O/c1-12-4-3-5-14(10-12)20-17(18)11-16(19-20)13-6-8-15(21-2)9-7-13/h3-11H,18H2,1-2H3. The van der Waals surface area contributed by atoms with Gasteiger partial charge in [0, 0.05) is 11.6 Å². The molecule has 4 nitrogen and oxygen atoms in total. The van der Waals surface area contributed by atoms with Gasteiger partial charge in [-0.25, -0.2) is 4.68 Å². The Labute approximate surface area is 123 Å². The molecule has 0 atom stereocenters. The highest BCUT2D eigenvalue weighted by molar-refractivity contribution is 5.64. The van der Waals surface area contributed by atoms with Crippen LogP contribution in [0.25, 0.3) is 16.9 Å². The summed E-state index contributed by atoms with van der Waals surface area (Å²) in [5.74, 6) is 1.44. The fourth-order valence-corrected chi connectivity index (χ4v) is 2.26. The molecule has 106 valence electrons. The lowest BCUT2D eigenvalue weighted by atomic mass is 10.1. The largest absolute Gasteiger partial charge is 0.497 e. The Morgan fingerprint density at radius 3 is 2.48 bits per heavy atom. The first-order valence-electron chi connectivity index (χ1n) is 6.74. The van der Waals surface area contributed by atoms with Crippen LogP contribution in [0.5, 0.6) is 5.75 Å². The van der Waals surface area contributed by atoms with E-state index in [0.717, 1.165) is 22.7 Å². The molecule has 0 fully saturated rings. The summed E-state index contributed by atoms with van der Waals surface area (Å²) in [7, 11) is 1.65. The molecule has 0 aliphatic carbocycles. The van der Waals surface area contributed by atoms with Gasteiger partial charge in [-0.05, 0) is 48.9 Å². The Bertz CT molecular complexity index is 760. The third-order valence-electron chi connectivity index (χ3n) is 3.37. The van der Waals surface area contributed by atoms with Crippen molar-refractivity contribution in [2.24, 2.45) is 0 Å². The van der Waals surface area contributed by atoms with Gasteiger partial charge in [0.2, 0.25) is 0 Å². The van der Waals surface area contributed by atoms with Crippen molar-refractivity contribution in [1.82, 2.24) is 9.78 Å². The molecule has 0 aliphatic rings. The molecular formula is C17H17N3O. The first kappa shape index (κ1) is 13.2. The molecule has 21 heavy (non-hydrogen) atoms. The number of nitrogens with zero attached hydrogens (tertiary/aromatic N) is 2. The van der Waals surface area contributed by atoms with Crippen molar-refractivity contribution >= 4 is 5.82 Å². The maximum atomic E-state index is 6.09. The quantitative estimate of drug-likeness (QED) is 0.799. The molecule has 0 spiro atoms. The van der Waals surface area contributed by atoms with Crippen molar-refractivity contribution in [3.05, 3.63) is 60.2 Å². The molecule has 0 unspecified atom stereocenters. The van der Waals surface area contributed by atoms with Gasteiger partial charge in [0.05, 0.1) is 18.5 Å². The Morgan fingerprint density at radius 2 is 1.81 bits per heavy atom. The minimum atomic E-state index is 0.617. The zero-order valence-corrected chi connectivity index (χ0v) is 12.1. The molecule has 1 heterocycles. The Hall–Kier alpha value is -2.75. The van der Waals surface area contributed by atoms with Crippen LogP contribution < -0.4 is 10.5 Å². The van der Waals surface area contributed by atoms with Gasteiger partial charge in [-0.15, -0.1) is 0 Å². The van der Waals surface area contributed by atoms with Gasteiger partial charge in [-0.3, -0.25) is 0 Å². The minimum Gasteiger partial charge on any atom is -0.497 e. The normalized spacial score (nSPS) is 10.6. The van der Waals surface area contributed by atoms with Gasteiger partial charge >= 0.3 is 0 Å². The van der Waals surface area contributed by atoms with E-state index in [1.165, 1.54) is 5.56 Å². The zero-order valence-electron chi connectivity index (χ0n) is 12.1. The van der Waals surface area contributed by atoms with E-state index in [9.17, 15) is 0 Å². The number of nitrogens with two attached hydrogens (primary N) is 1. The maximum Gasteiger partial charge on any atom is 0.127 e. The number of anilines is 1. The van der Waals surface area contributed by atoms with Gasteiger partial charge in [-0.1, -0.05) is 12.1 Å². The predicted molar refractivity (Wildman–Crippen MR) is 84.7 cm³/mol. The summed E-state index contributed by atoms with van der Waals surface area (Å²) >= 11 is 0. The fourth-order valence-electron chi connectivity index (χ4n) is 2.26. The van der Waals surface area contributed by atoms with Crippen LogP contribution in [0.15, 0.2) is 54.6 Å². The predicted octanol–water partition coefficient (Wildman–Crippen LogP) is 3.44. The van der Waals surface area contributed by atoms with E-state index in [2.05, 4.69) is 11.2 Å². The van der Waals surface area contributed by atoms with Crippen LogP contribution in [0.3, 0.4) is 0 Å². The Morgan fingerprint density at radius 1 is 1.05 bits per heavy atom. The van der Waals surface area contributed by atoms with E-state index in [0.29, 0.717) is 5.82 Å². The summed E-state index contributed by atoms with van der Waals surface area (Å²) in [5, 5.41) is 4.60. The second-order valence-electron chi connectivity index (χ2n) is 4.93. The second-order valence-corrected chi connectivity index (χ2v) is 4.93. The van der Waals surface area contributed by atoms with Gasteiger partial charge in [-0.2, -0.15) is 5.10 Å². The molecule has 2 aromatic carbocycles. The average molecular weight is 279 g/mol. The van der Waals surface area contributed by atoms with E-state index in [1.54, 1.807) is 11.8 Å². The van der Waals surface area contributed by atoms with Crippen LogP contribution in [0, 0.1) is 6.92 Å². The topological polar surface area (TPSA) is 53.1 Å². The van der Waals surface area contributed by atoms with Crippen LogP contribution in [0.4, 0.5) is 5.82 Å². The number of hydrogen-bond acceptors (Lipinski definition) is 3. The van der Waals surface area contributed by atoms with Gasteiger partial charge in [0.1, 0.15) is 11.6 Å². The first-order valence-corrected chi connectivity index (χ1v) is 6.74. The van der Waals surface area contributed by atoms with Crippen molar-refractivity contribution in [3.63, 3.8) is 0 Å². The van der Waals surface area contributed by atoms with Crippen molar-refractivity contribution in [2.75, 3.05) is 12.8 Å². The molecule has 1 aromatic heterocycles. The molecule has 0 saturated heterocycles. The van der Waals surface area contributed by atoms with E-state index >= 15 is 0 Å². The summed E-state index contributed by atoms with van der Waals surface area (Å²) in [4.78, 5) is 0. The highest BCUT2D eigenvalue weighted by Crippen LogP contribution is 2.25. The summed E-state index contributed by atoms with van der Waals surface area (Å²) in [6.07, 6.45) is 0. The summed E-state index contributed by atoms with van der Waals surface area (Å²) in [5.41, 5.74) is 10.1. The van der Waals surface area contributed by atoms with Crippen LogP contribution in [-0.4, -0.2) is 16.9 Å². The highest BCUT2D eigenvalue weighted by Gasteiger charge is 2.09. The SMILES string of the molecule is COc1ccc(-c2cc(N)n(-c3cccc(C)c3)n2)cc1. The first-order chi connectivity index (χ1) is 10.2. The monoisotopic (exact) mass is 279 g/mol. The molecule has 4 heteroatoms. The van der Waals surface area contributed by atoms with Crippen molar-refractivity contribution in [3.8, 4) is 22.7 Å². The number of aromatic nitrogens is 2. The maximum absolute atomic E-state index is 6.09. The fraction of sp³-hybridized carbons (Fsp3) is 0.118. The van der Waals surface area contributed by atoms with E-state index in [4.69, 9.17) is 10.5 Å². The number of nitrogen functional groups attached to an aromatic ring is 1. The molecule has 3 aromatic rings. The zero-order chi connectivity index (χ0) is 14.8. The third-order valence-corrected chi connectivity index (χ3v) is 3.37. The lowest BCUT2D eigenvalue weighted by Crippen LogP contribution is -2.01. The minimum absolute atomic E-state index is 0.617. The van der Waals surface area contributed by atoms with Crippen molar-refractivity contribution < 1.29 is 4.74 Å². The van der Waals surface area contributed by atoms with E-state index in [-0.39, 0.29) is 0 Å². The number of aryl methyl sites for hydroxylation is 1. The van der Waals surface area contributed by atoms with E-state index < -0.39 is 0 Å². The van der Waals surface area contributed by atoms with Crippen molar-refractivity contribution in [1.29, 1.82) is 0 Å². The highest BCUT2D eigenvalue weighted by atomic mass is 16.5. The number of rotatable bonds is 3. The van der Waals surface area contributed by atoms with Crippen molar-refractivity contribution in [2.45, 2.75) is 6.92 Å². The average Bonchev–Trinajstić information content (AvgIpc) is 2.89. The van der Waals surface area contributed by atoms with Gasteiger partial charge in [0.15, 0.2) is 0 Å². The molecule has 2 N–H and O–H groups in total. The number of benzene rings is 2. The number of ether oxygens (including phenoxy) is 1. The summed E-state index contributed by atoms with van der Waals surface area (Å²) in [6, 6.07) is 17.8. The van der Waals surface area contributed by atoms with Gasteiger partial charge < -0.3 is 10.5 Å². The molecule has 0 amide bonds. The van der Waals surface area contributed by atoms with Crippen LogP contribution in [-0.2, 0) is 0 Å². The molecule has 3 rings (SSSR count). The lowest BCUT2D eigenvalue weighted by molar-refractivity contribution is 0.415. The molecular weight excluding hydrogens is 262 g/mol. The molecule has 0 radical (unpaired) electrons. The number of methoxy groups -OCH3 is 1. The van der Waals surface area contributed by atoms with Crippen LogP contribution in [0.1, 0.15) is 5.56 Å². The Balaban J connectivity index is 2.00. The molecule has 0 saturated carbocycles. The molecule has 0 bridgehead atoms. The van der Waals surface area contributed by atoms with Crippen LogP contribution in [0.2, 0.25) is 0 Å². The Kier molecular flexibility index (Phi) is 3.36. The molecule has 0 aliphatic heterocycles. The summed E-state index contributed by atoms with van der Waals surface area (Å²) in [6.45, 7) is 2.05. The number of hydrogen-bond donors (Lipinski definition) is 1. The lowest BCUT2D eigenvalue weighted by Gasteiger charge is -2.04. The summed E-state index contributed by atoms with van der Waals surface area (Å²) < 4.78 is 6.92. The van der Waals surface area contributed by atoms with E-state index in [1.807, 2.05) is 55.5 Å². The smallest absolute Gasteiger partial charge is 0.127 e. The second kappa shape index (κ2) is 5.32. The van der Waals surface area contributed by atoms with Crippen LogP contribution >= 0.6 is 0 Å².